The second-order valence-electron chi connectivity index (χ2n) is 10.7. The number of rotatable bonds is 7. The number of likely N-dealkylation sites (N-methyl/N-ethyl adjacent to an activating group) is 1. The van der Waals surface area contributed by atoms with Crippen molar-refractivity contribution in [1.29, 1.82) is 5.26 Å². The van der Waals surface area contributed by atoms with Gasteiger partial charge < -0.3 is 20.9 Å². The first-order valence-electron chi connectivity index (χ1n) is 13.3. The Morgan fingerprint density at radius 3 is 2.58 bits per heavy atom. The van der Waals surface area contributed by atoms with E-state index in [-0.39, 0.29) is 5.91 Å². The van der Waals surface area contributed by atoms with Crippen LogP contribution in [0.5, 0.6) is 0 Å². The lowest BCUT2D eigenvalue weighted by Gasteiger charge is -2.26. The second-order valence-corrected chi connectivity index (χ2v) is 10.7. The summed E-state index contributed by atoms with van der Waals surface area (Å²) < 4.78 is 0. The minimum absolute atomic E-state index is 0.265. The van der Waals surface area contributed by atoms with Gasteiger partial charge in [0.15, 0.2) is 0 Å². The first kappa shape index (κ1) is 28.5. The average Bonchev–Trinajstić information content (AvgIpc) is 3.18. The van der Waals surface area contributed by atoms with Crippen molar-refractivity contribution in [3.05, 3.63) is 83.6 Å². The Labute approximate surface area is 235 Å². The zero-order valence-electron chi connectivity index (χ0n) is 23.6. The highest BCUT2D eigenvalue weighted by Gasteiger charge is 2.24. The topological polar surface area (TPSA) is 140 Å². The van der Waals surface area contributed by atoms with Crippen molar-refractivity contribution in [2.75, 3.05) is 48.5 Å². The lowest BCUT2D eigenvalue weighted by molar-refractivity contribution is 0.102. The first-order valence-corrected chi connectivity index (χ1v) is 13.3. The van der Waals surface area contributed by atoms with E-state index in [2.05, 4.69) is 38.2 Å². The Morgan fingerprint density at radius 1 is 1.10 bits per heavy atom. The molecule has 1 fully saturated rings. The molecule has 1 amide bonds. The molecule has 2 heterocycles. The van der Waals surface area contributed by atoms with Gasteiger partial charge >= 0.3 is 0 Å². The smallest absolute Gasteiger partial charge is 0.255 e. The largest absolute Gasteiger partial charge is 0.397 e. The Morgan fingerprint density at radius 2 is 1.85 bits per heavy atom. The Balaban J connectivity index is 1.62. The van der Waals surface area contributed by atoms with Gasteiger partial charge in [0, 0.05) is 60.7 Å². The van der Waals surface area contributed by atoms with Gasteiger partial charge in [0.2, 0.25) is 0 Å². The summed E-state index contributed by atoms with van der Waals surface area (Å²) in [5, 5.41) is 14.3. The van der Waals surface area contributed by atoms with Crippen molar-refractivity contribution in [1.82, 2.24) is 14.9 Å². The van der Waals surface area contributed by atoms with Crippen LogP contribution in [0.2, 0.25) is 0 Å². The molecule has 1 aromatic heterocycles. The summed E-state index contributed by atoms with van der Waals surface area (Å²) in [4.78, 5) is 26.1. The van der Waals surface area contributed by atoms with Crippen LogP contribution in [0.25, 0.3) is 5.70 Å². The van der Waals surface area contributed by atoms with Gasteiger partial charge in [0.05, 0.1) is 22.9 Å². The number of nitrogens with two attached hydrogens (primary N) is 2. The molecule has 1 saturated heterocycles. The Bertz CT molecular complexity index is 1430. The fourth-order valence-electron chi connectivity index (χ4n) is 4.57. The number of hydrogen-bond donors (Lipinski definition) is 3. The molecule has 1 aliphatic heterocycles. The van der Waals surface area contributed by atoms with Gasteiger partial charge in [-0.1, -0.05) is 6.07 Å². The van der Waals surface area contributed by atoms with Gasteiger partial charge in [-0.25, -0.2) is 15.8 Å². The summed E-state index contributed by atoms with van der Waals surface area (Å²) in [5.74, 6) is 6.07. The molecule has 0 bridgehead atoms. The van der Waals surface area contributed by atoms with Crippen LogP contribution in [0.1, 0.15) is 47.3 Å². The van der Waals surface area contributed by atoms with Crippen LogP contribution >= 0.6 is 0 Å². The van der Waals surface area contributed by atoms with Crippen molar-refractivity contribution in [3.8, 4) is 6.07 Å². The summed E-state index contributed by atoms with van der Waals surface area (Å²) in [7, 11) is 2.12. The van der Waals surface area contributed by atoms with E-state index in [0.29, 0.717) is 28.2 Å². The number of hydrazine groups is 1. The average molecular weight is 540 g/mol. The molecular formula is C30H37N9O. The number of nitriles is 1. The van der Waals surface area contributed by atoms with Gasteiger partial charge in [-0.05, 0) is 82.2 Å². The van der Waals surface area contributed by atoms with Crippen molar-refractivity contribution in [2.45, 2.75) is 32.6 Å². The van der Waals surface area contributed by atoms with Gasteiger partial charge in [-0.3, -0.25) is 9.80 Å². The minimum Gasteiger partial charge on any atom is -0.397 e. The Kier molecular flexibility index (Phi) is 8.67. The fourth-order valence-corrected chi connectivity index (χ4v) is 4.57. The number of aromatic nitrogens is 2. The highest BCUT2D eigenvalue weighted by molar-refractivity contribution is 6.05. The van der Waals surface area contributed by atoms with E-state index in [1.54, 1.807) is 24.7 Å². The maximum atomic E-state index is 13.6. The number of hydrogen-bond acceptors (Lipinski definition) is 9. The zero-order chi connectivity index (χ0) is 28.9. The van der Waals surface area contributed by atoms with E-state index in [0.717, 1.165) is 49.4 Å². The monoisotopic (exact) mass is 539 g/mol. The van der Waals surface area contributed by atoms with E-state index < -0.39 is 5.41 Å². The highest BCUT2D eigenvalue weighted by atomic mass is 16.1. The summed E-state index contributed by atoms with van der Waals surface area (Å²) >= 11 is 0. The maximum absolute atomic E-state index is 13.6. The van der Waals surface area contributed by atoms with Crippen molar-refractivity contribution in [3.63, 3.8) is 0 Å². The molecule has 3 aromatic rings. The van der Waals surface area contributed by atoms with E-state index >= 15 is 0 Å². The molecule has 208 valence electrons. The lowest BCUT2D eigenvalue weighted by atomic mass is 9.85. The van der Waals surface area contributed by atoms with Crippen molar-refractivity contribution in [2.24, 2.45) is 11.6 Å². The summed E-state index contributed by atoms with van der Waals surface area (Å²) in [6.07, 6.45) is 7.26. The molecule has 0 atom stereocenters. The van der Waals surface area contributed by atoms with Crippen LogP contribution in [-0.4, -0.2) is 54.0 Å². The number of carbonyl (C=O) groups is 1. The van der Waals surface area contributed by atoms with Crippen LogP contribution in [0.15, 0.2) is 61.3 Å². The van der Waals surface area contributed by atoms with E-state index in [9.17, 15) is 10.1 Å². The molecule has 0 unspecified atom stereocenters. The SMILES string of the molecule is Cc1ccc(NC(=O)c2cc(N3CCCN(C)CC3)cc(C(C)(C)C#N)c2)cc1N(N)/C=C(\N)c1cncnc1. The molecule has 0 radical (unpaired) electrons. The van der Waals surface area contributed by atoms with E-state index in [1.807, 2.05) is 51.1 Å². The molecular weight excluding hydrogens is 502 g/mol. The van der Waals surface area contributed by atoms with Crippen LogP contribution in [0.3, 0.4) is 0 Å². The van der Waals surface area contributed by atoms with Crippen LogP contribution in [0, 0.1) is 18.3 Å². The normalized spacial score (nSPS) is 14.8. The lowest BCUT2D eigenvalue weighted by Crippen LogP contribution is -2.29. The van der Waals surface area contributed by atoms with Gasteiger partial charge in [0.25, 0.3) is 5.91 Å². The third-order valence-electron chi connectivity index (χ3n) is 7.18. The molecule has 10 heteroatoms. The van der Waals surface area contributed by atoms with Crippen LogP contribution < -0.4 is 26.8 Å². The standard InChI is InChI=1S/C30H37N9O/c1-21-6-7-25(15-28(21)39(33)18-27(32)23-16-34-20-35-17-23)36-29(40)22-12-24(30(2,3)19-31)14-26(13-22)38-9-5-8-37(4)10-11-38/h6-7,12-18,20H,5,8-11,32-33H2,1-4H3,(H,36,40)/b27-18-. The number of anilines is 3. The first-order chi connectivity index (χ1) is 19.1. The van der Waals surface area contributed by atoms with E-state index in [4.69, 9.17) is 11.6 Å². The highest BCUT2D eigenvalue weighted by Crippen LogP contribution is 2.30. The maximum Gasteiger partial charge on any atom is 0.255 e. The quantitative estimate of drug-likeness (QED) is 0.303. The molecule has 0 aliphatic carbocycles. The number of carbonyl (C=O) groups excluding carboxylic acids is 1. The molecule has 4 rings (SSSR count). The summed E-state index contributed by atoms with van der Waals surface area (Å²) in [5.41, 5.74) is 10.9. The van der Waals surface area contributed by atoms with Gasteiger partial charge in [0.1, 0.15) is 6.33 Å². The molecule has 40 heavy (non-hydrogen) atoms. The van der Waals surface area contributed by atoms with Gasteiger partial charge in [-0.2, -0.15) is 5.26 Å². The Hall–Kier alpha value is -4.46. The molecule has 0 saturated carbocycles. The number of aryl methyl sites for hydroxylation is 1. The molecule has 10 nitrogen and oxygen atoms in total. The number of amides is 1. The fraction of sp³-hybridized carbons (Fsp3) is 0.333. The van der Waals surface area contributed by atoms with Crippen LogP contribution in [-0.2, 0) is 5.41 Å². The predicted molar refractivity (Wildman–Crippen MR) is 159 cm³/mol. The van der Waals surface area contributed by atoms with Crippen molar-refractivity contribution < 1.29 is 4.79 Å². The van der Waals surface area contributed by atoms with Crippen molar-refractivity contribution >= 4 is 28.7 Å². The predicted octanol–water partition coefficient (Wildman–Crippen LogP) is 3.62. The molecule has 5 N–H and O–H groups in total. The molecule has 2 aromatic carbocycles. The van der Waals surface area contributed by atoms with E-state index in [1.165, 1.54) is 11.3 Å². The zero-order valence-corrected chi connectivity index (χ0v) is 23.6. The third-order valence-corrected chi connectivity index (χ3v) is 7.18. The molecule has 1 aliphatic rings. The second kappa shape index (κ2) is 12.2. The minimum atomic E-state index is -0.749. The third kappa shape index (κ3) is 6.75. The molecule has 0 spiro atoms. The van der Waals surface area contributed by atoms with Gasteiger partial charge in [-0.15, -0.1) is 0 Å². The van der Waals surface area contributed by atoms with Crippen LogP contribution in [0.4, 0.5) is 17.1 Å². The summed E-state index contributed by atoms with van der Waals surface area (Å²) in [6.45, 7) is 9.37. The number of benzene rings is 2. The number of nitrogens with zero attached hydrogens (tertiary/aromatic N) is 6. The number of nitrogens with one attached hydrogen (secondary N) is 1. The summed E-state index contributed by atoms with van der Waals surface area (Å²) in [6, 6.07) is 13.6.